The Hall–Kier alpha value is -1.32. The fourth-order valence-electron chi connectivity index (χ4n) is 2.92. The van der Waals surface area contributed by atoms with Crippen LogP contribution in [0.2, 0.25) is 5.02 Å². The second kappa shape index (κ2) is 4.90. The molecule has 0 aliphatic heterocycles. The van der Waals surface area contributed by atoms with E-state index in [0.29, 0.717) is 0 Å². The van der Waals surface area contributed by atoms with Crippen LogP contribution in [0.25, 0.3) is 4.96 Å². The van der Waals surface area contributed by atoms with Crippen LogP contribution >= 0.6 is 22.9 Å². The number of thiazole rings is 1. The van der Waals surface area contributed by atoms with E-state index in [1.807, 2.05) is 23.5 Å². The van der Waals surface area contributed by atoms with Gasteiger partial charge in [0.2, 0.25) is 0 Å². The third-order valence-corrected chi connectivity index (χ3v) is 5.16. The number of fused-ring (bicyclic) bond motifs is 3. The molecule has 0 radical (unpaired) electrons. The molecule has 2 aromatic heterocycles. The van der Waals surface area contributed by atoms with Crippen molar-refractivity contribution in [1.29, 1.82) is 0 Å². The molecule has 0 saturated carbocycles. The Morgan fingerprint density at radius 3 is 2.80 bits per heavy atom. The summed E-state index contributed by atoms with van der Waals surface area (Å²) in [5.74, 6) is 0. The summed E-state index contributed by atoms with van der Waals surface area (Å²) >= 11 is 7.74. The topological polar surface area (TPSA) is 17.3 Å². The number of imidazole rings is 1. The third kappa shape index (κ3) is 2.15. The standard InChI is InChI=1S/C16H15ClN2S/c17-12-7-5-11(6-8-12)9-13-10-19-15-4-2-1-3-14(15)18-16(19)20-13/h5-8,10H,1-4,9H2. The van der Waals surface area contributed by atoms with E-state index in [-0.39, 0.29) is 0 Å². The van der Waals surface area contributed by atoms with Crippen molar-refractivity contribution in [2.24, 2.45) is 0 Å². The zero-order valence-electron chi connectivity index (χ0n) is 11.1. The van der Waals surface area contributed by atoms with Crippen LogP contribution in [0.3, 0.4) is 0 Å². The largest absolute Gasteiger partial charge is 0.294 e. The Kier molecular flexibility index (Phi) is 3.04. The van der Waals surface area contributed by atoms with E-state index in [2.05, 4.69) is 22.7 Å². The molecule has 1 aromatic carbocycles. The van der Waals surface area contributed by atoms with Gasteiger partial charge in [0.1, 0.15) is 0 Å². The highest BCUT2D eigenvalue weighted by Gasteiger charge is 2.17. The Morgan fingerprint density at radius 1 is 1.15 bits per heavy atom. The quantitative estimate of drug-likeness (QED) is 0.680. The first-order valence-corrected chi connectivity index (χ1v) is 8.22. The summed E-state index contributed by atoms with van der Waals surface area (Å²) in [7, 11) is 0. The van der Waals surface area contributed by atoms with Gasteiger partial charge in [-0.1, -0.05) is 23.7 Å². The van der Waals surface area contributed by atoms with Crippen molar-refractivity contribution in [3.05, 3.63) is 57.3 Å². The van der Waals surface area contributed by atoms with Crippen molar-refractivity contribution in [2.45, 2.75) is 32.1 Å². The summed E-state index contributed by atoms with van der Waals surface area (Å²) in [5.41, 5.74) is 4.05. The molecule has 20 heavy (non-hydrogen) atoms. The van der Waals surface area contributed by atoms with Crippen LogP contribution in [-0.2, 0) is 19.3 Å². The predicted octanol–water partition coefficient (Wildman–Crippen LogP) is 4.52. The zero-order valence-corrected chi connectivity index (χ0v) is 12.7. The van der Waals surface area contributed by atoms with Gasteiger partial charge in [0.25, 0.3) is 0 Å². The van der Waals surface area contributed by atoms with Crippen LogP contribution < -0.4 is 0 Å². The Balaban J connectivity index is 1.67. The van der Waals surface area contributed by atoms with Crippen molar-refractivity contribution in [2.75, 3.05) is 0 Å². The molecule has 2 nitrogen and oxygen atoms in total. The monoisotopic (exact) mass is 302 g/mol. The van der Waals surface area contributed by atoms with E-state index in [0.717, 1.165) is 22.8 Å². The van der Waals surface area contributed by atoms with Gasteiger partial charge in [-0.15, -0.1) is 11.3 Å². The van der Waals surface area contributed by atoms with E-state index in [1.165, 1.54) is 41.1 Å². The van der Waals surface area contributed by atoms with E-state index in [1.54, 1.807) is 0 Å². The minimum atomic E-state index is 0.795. The van der Waals surface area contributed by atoms with Crippen LogP contribution in [0.15, 0.2) is 30.5 Å². The number of hydrogen-bond acceptors (Lipinski definition) is 2. The molecule has 0 saturated heterocycles. The van der Waals surface area contributed by atoms with Gasteiger partial charge < -0.3 is 0 Å². The van der Waals surface area contributed by atoms with Crippen molar-refractivity contribution >= 4 is 27.9 Å². The van der Waals surface area contributed by atoms with Crippen molar-refractivity contribution in [3.63, 3.8) is 0 Å². The molecule has 102 valence electrons. The highest BCUT2D eigenvalue weighted by molar-refractivity contribution is 7.17. The highest BCUT2D eigenvalue weighted by atomic mass is 35.5. The summed E-state index contributed by atoms with van der Waals surface area (Å²) in [5, 5.41) is 0.795. The highest BCUT2D eigenvalue weighted by Crippen LogP contribution is 2.28. The molecule has 0 unspecified atom stereocenters. The van der Waals surface area contributed by atoms with Crippen LogP contribution in [-0.4, -0.2) is 9.38 Å². The minimum absolute atomic E-state index is 0.795. The average Bonchev–Trinajstić information content (AvgIpc) is 2.98. The Bertz CT molecular complexity index is 755. The van der Waals surface area contributed by atoms with E-state index >= 15 is 0 Å². The summed E-state index contributed by atoms with van der Waals surface area (Å²) < 4.78 is 2.31. The molecule has 1 aliphatic rings. The SMILES string of the molecule is Clc1ccc(Cc2cn3c4c(nc3s2)CCCC4)cc1. The molecule has 2 heterocycles. The number of nitrogens with zero attached hydrogens (tertiary/aromatic N) is 2. The second-order valence-corrected chi connectivity index (χ2v) is 6.90. The maximum atomic E-state index is 5.93. The molecule has 0 bridgehead atoms. The fraction of sp³-hybridized carbons (Fsp3) is 0.312. The van der Waals surface area contributed by atoms with E-state index < -0.39 is 0 Å². The van der Waals surface area contributed by atoms with Gasteiger partial charge >= 0.3 is 0 Å². The Morgan fingerprint density at radius 2 is 1.95 bits per heavy atom. The summed E-state index contributed by atoms with van der Waals surface area (Å²) in [6.07, 6.45) is 8.13. The van der Waals surface area contributed by atoms with Crippen molar-refractivity contribution < 1.29 is 0 Å². The van der Waals surface area contributed by atoms with Crippen molar-refractivity contribution in [3.8, 4) is 0 Å². The number of halogens is 1. The molecule has 0 N–H and O–H groups in total. The van der Waals surface area contributed by atoms with Crippen LogP contribution in [0.5, 0.6) is 0 Å². The average molecular weight is 303 g/mol. The smallest absolute Gasteiger partial charge is 0.194 e. The number of rotatable bonds is 2. The lowest BCUT2D eigenvalue weighted by Crippen LogP contribution is -2.03. The molecule has 4 heteroatoms. The number of aromatic nitrogens is 2. The summed E-state index contributed by atoms with van der Waals surface area (Å²) in [4.78, 5) is 7.31. The first-order chi connectivity index (χ1) is 9.79. The molecule has 0 atom stereocenters. The lowest BCUT2D eigenvalue weighted by Gasteiger charge is -2.09. The first-order valence-electron chi connectivity index (χ1n) is 7.02. The maximum absolute atomic E-state index is 5.93. The first kappa shape index (κ1) is 12.4. The van der Waals surface area contributed by atoms with E-state index in [4.69, 9.17) is 16.6 Å². The lowest BCUT2D eigenvalue weighted by atomic mass is 10.0. The minimum Gasteiger partial charge on any atom is -0.294 e. The van der Waals surface area contributed by atoms with Crippen molar-refractivity contribution in [1.82, 2.24) is 9.38 Å². The predicted molar refractivity (Wildman–Crippen MR) is 84.0 cm³/mol. The van der Waals surface area contributed by atoms with Gasteiger partial charge in [-0.2, -0.15) is 0 Å². The Labute approximate surface area is 127 Å². The maximum Gasteiger partial charge on any atom is 0.194 e. The third-order valence-electron chi connectivity index (χ3n) is 3.92. The van der Waals surface area contributed by atoms with E-state index in [9.17, 15) is 0 Å². The zero-order chi connectivity index (χ0) is 13.5. The van der Waals surface area contributed by atoms with Gasteiger partial charge in [-0.05, 0) is 43.4 Å². The van der Waals surface area contributed by atoms with Gasteiger partial charge in [-0.25, -0.2) is 4.98 Å². The summed E-state index contributed by atoms with van der Waals surface area (Å²) in [6.45, 7) is 0. The molecular weight excluding hydrogens is 288 g/mol. The molecule has 3 aromatic rings. The second-order valence-electron chi connectivity index (χ2n) is 5.37. The molecule has 0 fully saturated rings. The van der Waals surface area contributed by atoms with Gasteiger partial charge in [0.05, 0.1) is 5.69 Å². The number of hydrogen-bond donors (Lipinski definition) is 0. The number of benzene rings is 1. The molecule has 1 aliphatic carbocycles. The summed E-state index contributed by atoms with van der Waals surface area (Å²) in [6, 6.07) is 8.11. The number of aryl methyl sites for hydroxylation is 2. The van der Waals surface area contributed by atoms with Gasteiger partial charge in [-0.3, -0.25) is 4.40 Å². The lowest BCUT2D eigenvalue weighted by molar-refractivity contribution is 0.660. The van der Waals surface area contributed by atoms with Gasteiger partial charge in [0.15, 0.2) is 4.96 Å². The molecular formula is C16H15ClN2S. The molecule has 4 rings (SSSR count). The fourth-order valence-corrected chi connectivity index (χ4v) is 4.09. The van der Waals surface area contributed by atoms with Gasteiger partial charge in [0, 0.05) is 28.2 Å². The van der Waals surface area contributed by atoms with Crippen LogP contribution in [0, 0.1) is 0 Å². The normalized spacial score (nSPS) is 14.7. The molecule has 0 spiro atoms. The molecule has 0 amide bonds. The van der Waals surface area contributed by atoms with Crippen LogP contribution in [0.1, 0.15) is 34.7 Å². The van der Waals surface area contributed by atoms with Crippen LogP contribution in [0.4, 0.5) is 0 Å².